The predicted octanol–water partition coefficient (Wildman–Crippen LogP) is 4.72. The van der Waals surface area contributed by atoms with E-state index in [4.69, 9.17) is 11.6 Å². The SMILES string of the molecule is C=CCC(CC)c1ccc(Cl)c(C)c1. The van der Waals surface area contributed by atoms with Gasteiger partial charge in [-0.15, -0.1) is 6.58 Å². The maximum absolute atomic E-state index is 5.99. The Morgan fingerprint density at radius 1 is 1.50 bits per heavy atom. The number of hydrogen-bond acceptors (Lipinski definition) is 0. The van der Waals surface area contributed by atoms with Crippen LogP contribution in [0.3, 0.4) is 0 Å². The van der Waals surface area contributed by atoms with Crippen LogP contribution in [0.1, 0.15) is 36.8 Å². The van der Waals surface area contributed by atoms with Gasteiger partial charge in [0.15, 0.2) is 0 Å². The van der Waals surface area contributed by atoms with Gasteiger partial charge in [-0.05, 0) is 42.9 Å². The highest BCUT2D eigenvalue weighted by atomic mass is 35.5. The quantitative estimate of drug-likeness (QED) is 0.629. The van der Waals surface area contributed by atoms with Gasteiger partial charge in [0, 0.05) is 5.02 Å². The molecule has 1 unspecified atom stereocenters. The molecule has 0 heterocycles. The predicted molar refractivity (Wildman–Crippen MR) is 64.0 cm³/mol. The first-order valence-electron chi connectivity index (χ1n) is 5.06. The Balaban J connectivity index is 2.93. The van der Waals surface area contributed by atoms with Crippen molar-refractivity contribution in [3.05, 3.63) is 47.0 Å². The summed E-state index contributed by atoms with van der Waals surface area (Å²) in [5.41, 5.74) is 2.53. The first-order valence-corrected chi connectivity index (χ1v) is 5.43. The number of aryl methyl sites for hydroxylation is 1. The molecular weight excluding hydrogens is 192 g/mol. The van der Waals surface area contributed by atoms with E-state index < -0.39 is 0 Å². The van der Waals surface area contributed by atoms with E-state index in [0.717, 1.165) is 23.4 Å². The van der Waals surface area contributed by atoms with E-state index in [9.17, 15) is 0 Å². The highest BCUT2D eigenvalue weighted by Crippen LogP contribution is 2.26. The van der Waals surface area contributed by atoms with E-state index in [2.05, 4.69) is 25.6 Å². The first kappa shape index (κ1) is 11.3. The summed E-state index contributed by atoms with van der Waals surface area (Å²) in [7, 11) is 0. The molecule has 0 aliphatic carbocycles. The van der Waals surface area contributed by atoms with Gasteiger partial charge < -0.3 is 0 Å². The lowest BCUT2D eigenvalue weighted by atomic mass is 9.92. The van der Waals surface area contributed by atoms with Gasteiger partial charge in [-0.3, -0.25) is 0 Å². The summed E-state index contributed by atoms with van der Waals surface area (Å²) in [5, 5.41) is 0.849. The van der Waals surface area contributed by atoms with Crippen molar-refractivity contribution in [1.29, 1.82) is 0 Å². The van der Waals surface area contributed by atoms with Crippen LogP contribution in [0.5, 0.6) is 0 Å². The molecule has 1 atom stereocenters. The Bertz CT molecular complexity index is 315. The topological polar surface area (TPSA) is 0 Å². The fourth-order valence-corrected chi connectivity index (χ4v) is 1.78. The van der Waals surface area contributed by atoms with Gasteiger partial charge in [-0.1, -0.05) is 36.7 Å². The Morgan fingerprint density at radius 3 is 2.71 bits per heavy atom. The second-order valence-corrected chi connectivity index (χ2v) is 4.05. The maximum Gasteiger partial charge on any atom is 0.0435 e. The standard InChI is InChI=1S/C13H17Cl/c1-4-6-11(5-2)12-7-8-13(14)10(3)9-12/h4,7-9,11H,1,5-6H2,2-3H3. The second-order valence-electron chi connectivity index (χ2n) is 3.64. The van der Waals surface area contributed by atoms with Crippen molar-refractivity contribution in [2.75, 3.05) is 0 Å². The lowest BCUT2D eigenvalue weighted by Crippen LogP contribution is -1.96. The summed E-state index contributed by atoms with van der Waals surface area (Å²) in [6, 6.07) is 6.28. The number of rotatable bonds is 4. The van der Waals surface area contributed by atoms with Crippen LogP contribution in [0.15, 0.2) is 30.9 Å². The Morgan fingerprint density at radius 2 is 2.21 bits per heavy atom. The molecule has 0 saturated carbocycles. The van der Waals surface area contributed by atoms with Gasteiger partial charge in [0.05, 0.1) is 0 Å². The summed E-state index contributed by atoms with van der Waals surface area (Å²) in [5.74, 6) is 0.587. The summed E-state index contributed by atoms with van der Waals surface area (Å²) < 4.78 is 0. The highest BCUT2D eigenvalue weighted by Gasteiger charge is 2.08. The fraction of sp³-hybridized carbons (Fsp3) is 0.385. The molecule has 0 aromatic heterocycles. The Labute approximate surface area is 91.6 Å². The molecule has 1 rings (SSSR count). The number of halogens is 1. The molecule has 0 fully saturated rings. The molecule has 0 aliphatic rings. The van der Waals surface area contributed by atoms with Crippen LogP contribution < -0.4 is 0 Å². The van der Waals surface area contributed by atoms with Crippen LogP contribution in [0, 0.1) is 6.92 Å². The fourth-order valence-electron chi connectivity index (χ4n) is 1.66. The highest BCUT2D eigenvalue weighted by molar-refractivity contribution is 6.31. The van der Waals surface area contributed by atoms with Gasteiger partial charge in [-0.2, -0.15) is 0 Å². The molecule has 0 spiro atoms. The normalized spacial score (nSPS) is 12.5. The van der Waals surface area contributed by atoms with Crippen molar-refractivity contribution in [2.45, 2.75) is 32.6 Å². The Hall–Kier alpha value is -0.750. The zero-order valence-corrected chi connectivity index (χ0v) is 9.64. The minimum Gasteiger partial charge on any atom is -0.103 e. The third kappa shape index (κ3) is 2.62. The maximum atomic E-state index is 5.99. The van der Waals surface area contributed by atoms with Crippen molar-refractivity contribution in [3.8, 4) is 0 Å². The van der Waals surface area contributed by atoms with Crippen LogP contribution in [0.2, 0.25) is 5.02 Å². The lowest BCUT2D eigenvalue weighted by Gasteiger charge is -2.14. The average Bonchev–Trinajstić information content (AvgIpc) is 2.19. The first-order chi connectivity index (χ1) is 6.69. The van der Waals surface area contributed by atoms with E-state index in [-0.39, 0.29) is 0 Å². The molecule has 1 heteroatoms. The van der Waals surface area contributed by atoms with E-state index >= 15 is 0 Å². The van der Waals surface area contributed by atoms with Crippen molar-refractivity contribution < 1.29 is 0 Å². The monoisotopic (exact) mass is 208 g/mol. The molecule has 0 nitrogen and oxygen atoms in total. The number of hydrogen-bond donors (Lipinski definition) is 0. The summed E-state index contributed by atoms with van der Waals surface area (Å²) in [6.45, 7) is 8.04. The molecular formula is C13H17Cl. The van der Waals surface area contributed by atoms with E-state index in [1.54, 1.807) is 0 Å². The van der Waals surface area contributed by atoms with Crippen LogP contribution in [0.25, 0.3) is 0 Å². The molecule has 0 N–H and O–H groups in total. The van der Waals surface area contributed by atoms with Gasteiger partial charge in [0.2, 0.25) is 0 Å². The van der Waals surface area contributed by atoms with Crippen LogP contribution in [0.4, 0.5) is 0 Å². The van der Waals surface area contributed by atoms with Crippen molar-refractivity contribution >= 4 is 11.6 Å². The number of benzene rings is 1. The smallest absolute Gasteiger partial charge is 0.0435 e. The molecule has 0 radical (unpaired) electrons. The van der Waals surface area contributed by atoms with Crippen molar-refractivity contribution in [2.24, 2.45) is 0 Å². The van der Waals surface area contributed by atoms with Gasteiger partial charge in [0.1, 0.15) is 0 Å². The summed E-state index contributed by atoms with van der Waals surface area (Å²) in [4.78, 5) is 0. The average molecular weight is 209 g/mol. The zero-order valence-electron chi connectivity index (χ0n) is 8.89. The third-order valence-electron chi connectivity index (χ3n) is 2.60. The minimum atomic E-state index is 0.587. The minimum absolute atomic E-state index is 0.587. The lowest BCUT2D eigenvalue weighted by molar-refractivity contribution is 0.674. The van der Waals surface area contributed by atoms with Gasteiger partial charge in [-0.25, -0.2) is 0 Å². The van der Waals surface area contributed by atoms with Gasteiger partial charge in [0.25, 0.3) is 0 Å². The molecule has 1 aromatic rings. The molecule has 0 amide bonds. The van der Waals surface area contributed by atoms with Gasteiger partial charge >= 0.3 is 0 Å². The third-order valence-corrected chi connectivity index (χ3v) is 3.02. The van der Waals surface area contributed by atoms with E-state index in [0.29, 0.717) is 5.92 Å². The molecule has 76 valence electrons. The number of allylic oxidation sites excluding steroid dienone is 1. The summed E-state index contributed by atoms with van der Waals surface area (Å²) in [6.07, 6.45) is 4.17. The Kier molecular flexibility index (Phi) is 4.21. The summed E-state index contributed by atoms with van der Waals surface area (Å²) >= 11 is 5.99. The van der Waals surface area contributed by atoms with Crippen LogP contribution in [-0.2, 0) is 0 Å². The second kappa shape index (κ2) is 5.21. The van der Waals surface area contributed by atoms with Crippen LogP contribution in [-0.4, -0.2) is 0 Å². The van der Waals surface area contributed by atoms with E-state index in [1.807, 2.05) is 19.1 Å². The molecule has 1 aromatic carbocycles. The molecule has 0 bridgehead atoms. The van der Waals surface area contributed by atoms with Crippen molar-refractivity contribution in [3.63, 3.8) is 0 Å². The van der Waals surface area contributed by atoms with Crippen molar-refractivity contribution in [1.82, 2.24) is 0 Å². The van der Waals surface area contributed by atoms with Crippen LogP contribution >= 0.6 is 11.6 Å². The molecule has 0 aliphatic heterocycles. The molecule has 14 heavy (non-hydrogen) atoms. The largest absolute Gasteiger partial charge is 0.103 e. The van der Waals surface area contributed by atoms with E-state index in [1.165, 1.54) is 5.56 Å². The zero-order chi connectivity index (χ0) is 10.6. The molecule has 0 saturated heterocycles.